The van der Waals surface area contributed by atoms with Crippen LogP contribution in [0.4, 0.5) is 0 Å². The van der Waals surface area contributed by atoms with Crippen LogP contribution in [0.1, 0.15) is 84.7 Å². The summed E-state index contributed by atoms with van der Waals surface area (Å²) in [5, 5.41) is 5.76. The zero-order valence-corrected chi connectivity index (χ0v) is 52.3. The number of carbonyl (C=O) groups excluding carboxylic acids is 6. The van der Waals surface area contributed by atoms with Crippen LogP contribution in [0.25, 0.3) is 22.3 Å². The van der Waals surface area contributed by atoms with E-state index in [-0.39, 0.29) is 35.5 Å². The van der Waals surface area contributed by atoms with Crippen molar-refractivity contribution in [2.24, 2.45) is 11.8 Å². The first kappa shape index (κ1) is 66.3. The van der Waals surface area contributed by atoms with Crippen LogP contribution in [0.2, 0.25) is 0 Å². The van der Waals surface area contributed by atoms with Gasteiger partial charge in [0.15, 0.2) is 0 Å². The lowest BCUT2D eigenvalue weighted by Gasteiger charge is -2.32. The van der Waals surface area contributed by atoms with Gasteiger partial charge in [-0.05, 0) is 119 Å². The van der Waals surface area contributed by atoms with E-state index in [1.807, 2.05) is 161 Å². The minimum Gasteiger partial charge on any atom is -0.489 e. The number of hydrogen-bond donors (Lipinski definition) is 2. The molecule has 0 spiro atoms. The van der Waals surface area contributed by atoms with Crippen LogP contribution in [0.3, 0.4) is 0 Å². The van der Waals surface area contributed by atoms with Crippen molar-refractivity contribution in [2.75, 3.05) is 40.4 Å². The molecule has 4 heterocycles. The predicted molar refractivity (Wildman–Crippen MR) is 349 cm³/mol. The van der Waals surface area contributed by atoms with Crippen LogP contribution in [0.5, 0.6) is 11.5 Å². The monoisotopic (exact) mass is 1240 g/mol. The number of carbonyl (C=O) groups is 6. The minimum absolute atomic E-state index is 0.124. The molecule has 2 aliphatic heterocycles. The lowest BCUT2D eigenvalue weighted by Crippen LogP contribution is -2.44. The zero-order valence-electron chi connectivity index (χ0n) is 52.3. The Labute approximate surface area is 538 Å². The summed E-state index contributed by atoms with van der Waals surface area (Å²) >= 11 is 0. The van der Waals surface area contributed by atoms with Gasteiger partial charge in [0.05, 0.1) is 14.2 Å². The standard InChI is InChI=1S/2C37H40N4O5/c1-45-37(44)34(21-28-10-13-33(14-11-28)46-25-30-6-3-2-4-7-30)40-35(42)22-29-16-18-41(19-17-29)36(43)15-12-27-8-5-9-31(20-27)32-23-38-26-39-24-32;1-45-37(44)34(21-28-9-14-33(15-10-28)46-25-30-5-3-2-4-6-30)40-35(42)22-29-17-19-41(20-18-29)36(43)16-11-27-7-12-31(13-8-27)32-23-38-26-39-24-32/h2-11,13-14,20,23-24,26,29,34H,12,15-19,21-22,25H2,1H3,(H,40,42);2-10,12-15,23-24,26,29,34H,11,16-22,25H2,1H3,(H,40,42)/t2*34-/m00/s1. The van der Waals surface area contributed by atoms with Gasteiger partial charge in [0.25, 0.3) is 0 Å². The predicted octanol–water partition coefficient (Wildman–Crippen LogP) is 10.4. The molecule has 8 aromatic rings. The Morgan fingerprint density at radius 3 is 1.25 bits per heavy atom. The largest absolute Gasteiger partial charge is 0.489 e. The third kappa shape index (κ3) is 21.0. The van der Waals surface area contributed by atoms with Crippen molar-refractivity contribution in [2.45, 2.75) is 102 Å². The third-order valence-electron chi connectivity index (χ3n) is 16.7. The number of methoxy groups -OCH3 is 2. The highest BCUT2D eigenvalue weighted by Crippen LogP contribution is 2.26. The molecule has 0 bridgehead atoms. The third-order valence-corrected chi connectivity index (χ3v) is 16.7. The molecule has 6 aromatic carbocycles. The summed E-state index contributed by atoms with van der Waals surface area (Å²) in [5.41, 5.74) is 10.1. The van der Waals surface area contributed by atoms with Gasteiger partial charge in [-0.25, -0.2) is 29.5 Å². The van der Waals surface area contributed by atoms with E-state index in [0.717, 1.165) is 92.8 Å². The molecule has 10 rings (SSSR count). The second-order valence-electron chi connectivity index (χ2n) is 23.2. The first-order valence-electron chi connectivity index (χ1n) is 31.4. The highest BCUT2D eigenvalue weighted by atomic mass is 16.5. The van der Waals surface area contributed by atoms with E-state index in [2.05, 4.69) is 36.6 Å². The molecule has 2 saturated heterocycles. The van der Waals surface area contributed by atoms with Crippen molar-refractivity contribution in [1.29, 1.82) is 0 Å². The molecular formula is C74H80N8O10. The van der Waals surface area contributed by atoms with E-state index in [0.29, 0.717) is 90.8 Å². The number of rotatable bonds is 26. The van der Waals surface area contributed by atoms with Crippen LogP contribution < -0.4 is 20.1 Å². The summed E-state index contributed by atoms with van der Waals surface area (Å²) in [7, 11) is 2.65. The van der Waals surface area contributed by atoms with E-state index < -0.39 is 24.0 Å². The Kier molecular flexibility index (Phi) is 25.1. The fraction of sp³-hybridized carbons (Fsp3) is 0.324. The van der Waals surface area contributed by atoms with Gasteiger partial charge in [0, 0.05) is 101 Å². The van der Waals surface area contributed by atoms with Gasteiger partial charge in [0.1, 0.15) is 49.5 Å². The maximum atomic E-state index is 13.0. The summed E-state index contributed by atoms with van der Waals surface area (Å²) in [6.07, 6.45) is 16.6. The molecule has 476 valence electrons. The van der Waals surface area contributed by atoms with E-state index in [1.165, 1.54) is 26.9 Å². The summed E-state index contributed by atoms with van der Waals surface area (Å²) in [6, 6.07) is 49.5. The van der Waals surface area contributed by atoms with Crippen LogP contribution >= 0.6 is 0 Å². The molecule has 92 heavy (non-hydrogen) atoms. The number of piperidine rings is 2. The van der Waals surface area contributed by atoms with Gasteiger partial charge in [-0.3, -0.25) is 19.2 Å². The van der Waals surface area contributed by atoms with Gasteiger partial charge in [-0.2, -0.15) is 0 Å². The maximum absolute atomic E-state index is 13.0. The van der Waals surface area contributed by atoms with E-state index in [1.54, 1.807) is 24.8 Å². The molecule has 2 atom stereocenters. The van der Waals surface area contributed by atoms with Crippen LogP contribution in [0, 0.1) is 11.8 Å². The van der Waals surface area contributed by atoms with Gasteiger partial charge in [0.2, 0.25) is 23.6 Å². The molecule has 0 radical (unpaired) electrons. The number of aromatic nitrogens is 4. The molecule has 2 fully saturated rings. The number of aryl methyl sites for hydroxylation is 2. The summed E-state index contributed by atoms with van der Waals surface area (Å²) in [6.45, 7) is 3.43. The number of ether oxygens (including phenoxy) is 4. The second kappa shape index (κ2) is 34.8. The maximum Gasteiger partial charge on any atom is 0.328 e. The average molecular weight is 1240 g/mol. The molecule has 2 aliphatic rings. The lowest BCUT2D eigenvalue weighted by atomic mass is 9.92. The van der Waals surface area contributed by atoms with Gasteiger partial charge in [-0.15, -0.1) is 0 Å². The average Bonchev–Trinajstić information content (AvgIpc) is 2.38. The Morgan fingerprint density at radius 1 is 0.435 bits per heavy atom. The molecule has 2 aromatic heterocycles. The van der Waals surface area contributed by atoms with Crippen molar-refractivity contribution in [3.05, 3.63) is 229 Å². The number of benzene rings is 6. The summed E-state index contributed by atoms with van der Waals surface area (Å²) in [4.78, 5) is 97.0. The second-order valence-corrected chi connectivity index (χ2v) is 23.2. The fourth-order valence-electron chi connectivity index (χ4n) is 11.4. The SMILES string of the molecule is COC(=O)[C@H](Cc1ccc(OCc2ccccc2)cc1)NC(=O)CC1CCN(C(=O)CCc2ccc(-c3cncnc3)cc2)CC1.COC(=O)[C@H](Cc1ccc(OCc2ccccc2)cc1)NC(=O)CC1CCN(C(=O)CCc2cccc(-c3cncnc3)c2)CC1. The van der Waals surface area contributed by atoms with Crippen LogP contribution in [-0.2, 0) is 77.1 Å². The van der Waals surface area contributed by atoms with E-state index in [4.69, 9.17) is 18.9 Å². The van der Waals surface area contributed by atoms with Crippen molar-refractivity contribution >= 4 is 35.6 Å². The van der Waals surface area contributed by atoms with Crippen molar-refractivity contribution in [1.82, 2.24) is 40.4 Å². The van der Waals surface area contributed by atoms with Crippen LogP contribution in [-0.4, -0.2) is 118 Å². The van der Waals surface area contributed by atoms with Gasteiger partial charge in [-0.1, -0.05) is 133 Å². The van der Waals surface area contributed by atoms with E-state index in [9.17, 15) is 28.8 Å². The van der Waals surface area contributed by atoms with Crippen molar-refractivity contribution < 1.29 is 47.7 Å². The Bertz CT molecular complexity index is 3610. The molecule has 0 saturated carbocycles. The number of hydrogen-bond acceptors (Lipinski definition) is 14. The smallest absolute Gasteiger partial charge is 0.328 e. The van der Waals surface area contributed by atoms with Crippen molar-refractivity contribution in [3.63, 3.8) is 0 Å². The Hall–Kier alpha value is -10.1. The zero-order chi connectivity index (χ0) is 64.3. The first-order valence-corrected chi connectivity index (χ1v) is 31.4. The molecule has 0 unspecified atom stereocenters. The number of likely N-dealkylation sites (tertiary alicyclic amines) is 2. The van der Waals surface area contributed by atoms with Crippen LogP contribution in [0.15, 0.2) is 195 Å². The summed E-state index contributed by atoms with van der Waals surface area (Å²) in [5.74, 6) is 0.659. The quantitative estimate of drug-likeness (QED) is 0.0482. The fourth-order valence-corrected chi connectivity index (χ4v) is 11.4. The first-order chi connectivity index (χ1) is 44.9. The molecule has 2 N–H and O–H groups in total. The molecule has 18 nitrogen and oxygen atoms in total. The molecular weight excluding hydrogens is 1160 g/mol. The molecule has 18 heteroatoms. The molecule has 4 amide bonds. The topological polar surface area (TPSA) is 221 Å². The van der Waals surface area contributed by atoms with Gasteiger partial charge >= 0.3 is 11.9 Å². The number of amides is 4. The Morgan fingerprint density at radius 2 is 0.826 bits per heavy atom. The highest BCUT2D eigenvalue weighted by molar-refractivity contribution is 5.86. The number of nitrogens with zero attached hydrogens (tertiary/aromatic N) is 6. The minimum atomic E-state index is -0.789. The van der Waals surface area contributed by atoms with E-state index >= 15 is 0 Å². The number of nitrogens with one attached hydrogen (secondary N) is 2. The number of esters is 2. The normalized spacial score (nSPS) is 13.9. The van der Waals surface area contributed by atoms with Crippen molar-refractivity contribution in [3.8, 4) is 33.8 Å². The summed E-state index contributed by atoms with van der Waals surface area (Å²) < 4.78 is 21.7. The molecule has 0 aliphatic carbocycles. The van der Waals surface area contributed by atoms with Gasteiger partial charge < -0.3 is 39.4 Å². The highest BCUT2D eigenvalue weighted by Gasteiger charge is 2.29. The Balaban J connectivity index is 0.000000217. The lowest BCUT2D eigenvalue weighted by molar-refractivity contribution is -0.145.